The fraction of sp³-hybridized carbons (Fsp3) is 0.500. The number of hydrogen-bond donors (Lipinski definition) is 0. The van der Waals surface area contributed by atoms with Crippen LogP contribution in [0.5, 0.6) is 0 Å². The molecule has 24 heavy (non-hydrogen) atoms. The van der Waals surface area contributed by atoms with E-state index < -0.39 is 10.0 Å². The molecule has 2 aromatic rings. The minimum Gasteiger partial charge on any atom is -0.411 e. The molecule has 1 fully saturated rings. The van der Waals surface area contributed by atoms with Gasteiger partial charge in [-0.1, -0.05) is 31.2 Å². The summed E-state index contributed by atoms with van der Waals surface area (Å²) in [5.74, 6) is 1.26. The van der Waals surface area contributed by atoms with Gasteiger partial charge in [0.05, 0.1) is 4.90 Å². The Labute approximate surface area is 146 Å². The lowest BCUT2D eigenvalue weighted by Crippen LogP contribution is -2.35. The molecule has 6 nitrogen and oxygen atoms in total. The first-order chi connectivity index (χ1) is 11.6. The van der Waals surface area contributed by atoms with E-state index in [4.69, 9.17) is 4.42 Å². The largest absolute Gasteiger partial charge is 0.411 e. The molecule has 0 radical (unpaired) electrons. The van der Waals surface area contributed by atoms with Crippen molar-refractivity contribution in [3.63, 3.8) is 0 Å². The van der Waals surface area contributed by atoms with Crippen molar-refractivity contribution in [1.82, 2.24) is 14.5 Å². The SMILES string of the molecule is CCCSc1nnc(-c2cccc(S(=O)(=O)N3CCCCC3)c2)o1. The highest BCUT2D eigenvalue weighted by Gasteiger charge is 2.26. The van der Waals surface area contributed by atoms with Gasteiger partial charge in [0.1, 0.15) is 0 Å². The van der Waals surface area contributed by atoms with E-state index in [9.17, 15) is 8.42 Å². The van der Waals surface area contributed by atoms with Gasteiger partial charge in [0.2, 0.25) is 15.9 Å². The number of benzene rings is 1. The molecular formula is C16H21N3O3S2. The van der Waals surface area contributed by atoms with Crippen LogP contribution in [0.3, 0.4) is 0 Å². The zero-order valence-corrected chi connectivity index (χ0v) is 15.3. The molecule has 2 heterocycles. The molecule has 0 aliphatic carbocycles. The van der Waals surface area contributed by atoms with Gasteiger partial charge in [-0.2, -0.15) is 4.31 Å². The summed E-state index contributed by atoms with van der Waals surface area (Å²) >= 11 is 1.50. The lowest BCUT2D eigenvalue weighted by Gasteiger charge is -2.25. The minimum atomic E-state index is -3.46. The first-order valence-corrected chi connectivity index (χ1v) is 10.6. The second-order valence-electron chi connectivity index (χ2n) is 5.71. The zero-order valence-electron chi connectivity index (χ0n) is 13.6. The van der Waals surface area contributed by atoms with Crippen LogP contribution in [-0.2, 0) is 10.0 Å². The van der Waals surface area contributed by atoms with Crippen molar-refractivity contribution in [2.45, 2.75) is 42.7 Å². The first kappa shape index (κ1) is 17.4. The summed E-state index contributed by atoms with van der Waals surface area (Å²) in [5, 5.41) is 8.54. The molecule has 3 rings (SSSR count). The number of nitrogens with zero attached hydrogens (tertiary/aromatic N) is 3. The molecule has 1 aromatic heterocycles. The summed E-state index contributed by atoms with van der Waals surface area (Å²) in [5.41, 5.74) is 0.629. The summed E-state index contributed by atoms with van der Waals surface area (Å²) in [4.78, 5) is 0.280. The molecule has 1 saturated heterocycles. The highest BCUT2D eigenvalue weighted by atomic mass is 32.2. The van der Waals surface area contributed by atoms with Crippen LogP contribution in [0.25, 0.3) is 11.5 Å². The van der Waals surface area contributed by atoms with Crippen molar-refractivity contribution in [1.29, 1.82) is 0 Å². The van der Waals surface area contributed by atoms with E-state index in [-0.39, 0.29) is 4.90 Å². The highest BCUT2D eigenvalue weighted by molar-refractivity contribution is 7.99. The average Bonchev–Trinajstić information content (AvgIpc) is 3.10. The van der Waals surface area contributed by atoms with Crippen molar-refractivity contribution in [3.8, 4) is 11.5 Å². The van der Waals surface area contributed by atoms with Crippen LogP contribution in [0.1, 0.15) is 32.6 Å². The molecule has 8 heteroatoms. The Morgan fingerprint density at radius 2 is 2.00 bits per heavy atom. The second kappa shape index (κ2) is 7.67. The number of aromatic nitrogens is 2. The van der Waals surface area contributed by atoms with Crippen molar-refractivity contribution in [3.05, 3.63) is 24.3 Å². The smallest absolute Gasteiger partial charge is 0.276 e. The van der Waals surface area contributed by atoms with Crippen molar-refractivity contribution in [2.24, 2.45) is 0 Å². The molecule has 1 aliphatic heterocycles. The summed E-state index contributed by atoms with van der Waals surface area (Å²) in [6.45, 7) is 3.26. The third kappa shape index (κ3) is 3.81. The molecule has 1 aromatic carbocycles. The van der Waals surface area contributed by atoms with Crippen LogP contribution in [0.15, 0.2) is 38.8 Å². The van der Waals surface area contributed by atoms with Gasteiger partial charge in [-0.05, 0) is 37.5 Å². The Hall–Kier alpha value is -1.38. The van der Waals surface area contributed by atoms with Gasteiger partial charge in [-0.15, -0.1) is 10.2 Å². The van der Waals surface area contributed by atoms with Crippen molar-refractivity contribution < 1.29 is 12.8 Å². The number of piperidine rings is 1. The van der Waals surface area contributed by atoms with Gasteiger partial charge in [0.15, 0.2) is 0 Å². The molecular weight excluding hydrogens is 346 g/mol. The number of hydrogen-bond acceptors (Lipinski definition) is 6. The van der Waals surface area contributed by atoms with Crippen LogP contribution in [0.4, 0.5) is 0 Å². The van der Waals surface area contributed by atoms with Gasteiger partial charge in [0, 0.05) is 24.4 Å². The standard InChI is InChI=1S/C16H21N3O3S2/c1-2-11-23-16-18-17-15(22-16)13-7-6-8-14(12-13)24(20,21)19-9-4-3-5-10-19/h6-8,12H,2-5,9-11H2,1H3. The normalized spacial score (nSPS) is 16.4. The topological polar surface area (TPSA) is 76.3 Å². The Balaban J connectivity index is 1.84. The van der Waals surface area contributed by atoms with Crippen molar-refractivity contribution >= 4 is 21.8 Å². The first-order valence-electron chi connectivity index (χ1n) is 8.18. The summed E-state index contributed by atoms with van der Waals surface area (Å²) in [7, 11) is -3.46. The predicted octanol–water partition coefficient (Wildman–Crippen LogP) is 3.41. The monoisotopic (exact) mass is 367 g/mol. The maximum Gasteiger partial charge on any atom is 0.276 e. The molecule has 0 unspecified atom stereocenters. The van der Waals surface area contributed by atoms with E-state index in [0.717, 1.165) is 31.4 Å². The minimum absolute atomic E-state index is 0.280. The number of thioether (sulfide) groups is 1. The molecule has 0 atom stereocenters. The highest BCUT2D eigenvalue weighted by Crippen LogP contribution is 2.27. The number of sulfonamides is 1. The summed E-state index contributed by atoms with van der Waals surface area (Å²) in [6.07, 6.45) is 3.94. The van der Waals surface area contributed by atoms with E-state index >= 15 is 0 Å². The molecule has 0 amide bonds. The Morgan fingerprint density at radius 3 is 2.75 bits per heavy atom. The quantitative estimate of drug-likeness (QED) is 0.728. The lowest BCUT2D eigenvalue weighted by atomic mass is 10.2. The molecule has 1 aliphatic rings. The Bertz CT molecular complexity index is 783. The molecule has 0 bridgehead atoms. The van der Waals surface area contributed by atoms with Gasteiger partial charge in [0.25, 0.3) is 5.22 Å². The van der Waals surface area contributed by atoms with E-state index in [2.05, 4.69) is 17.1 Å². The van der Waals surface area contributed by atoms with Crippen LogP contribution in [0.2, 0.25) is 0 Å². The fourth-order valence-electron chi connectivity index (χ4n) is 2.62. The summed E-state index contributed by atoms with van der Waals surface area (Å²) < 4.78 is 32.7. The average molecular weight is 367 g/mol. The van der Waals surface area contributed by atoms with Gasteiger partial charge in [-0.3, -0.25) is 0 Å². The van der Waals surface area contributed by atoms with Gasteiger partial charge >= 0.3 is 0 Å². The molecule has 130 valence electrons. The van der Waals surface area contributed by atoms with E-state index in [1.165, 1.54) is 11.8 Å². The summed E-state index contributed by atoms with van der Waals surface area (Å²) in [6, 6.07) is 6.74. The van der Waals surface area contributed by atoms with E-state index in [1.54, 1.807) is 28.6 Å². The Morgan fingerprint density at radius 1 is 1.21 bits per heavy atom. The van der Waals surface area contributed by atoms with Crippen LogP contribution in [0, 0.1) is 0 Å². The van der Waals surface area contributed by atoms with Crippen LogP contribution >= 0.6 is 11.8 Å². The predicted molar refractivity (Wildman–Crippen MR) is 93.4 cm³/mol. The number of rotatable bonds is 6. The molecule has 0 saturated carbocycles. The fourth-order valence-corrected chi connectivity index (χ4v) is 4.80. The third-order valence-corrected chi connectivity index (χ3v) is 6.79. The van der Waals surface area contributed by atoms with Crippen molar-refractivity contribution in [2.75, 3.05) is 18.8 Å². The Kier molecular flexibility index (Phi) is 5.57. The van der Waals surface area contributed by atoms with E-state index in [0.29, 0.717) is 29.8 Å². The van der Waals surface area contributed by atoms with E-state index in [1.807, 2.05) is 0 Å². The zero-order chi connectivity index (χ0) is 17.0. The lowest BCUT2D eigenvalue weighted by molar-refractivity contribution is 0.346. The van der Waals surface area contributed by atoms with Gasteiger partial charge < -0.3 is 4.42 Å². The molecule has 0 spiro atoms. The second-order valence-corrected chi connectivity index (χ2v) is 8.70. The van der Waals surface area contributed by atoms with Crippen LogP contribution < -0.4 is 0 Å². The third-order valence-electron chi connectivity index (χ3n) is 3.87. The van der Waals surface area contributed by atoms with Crippen LogP contribution in [-0.4, -0.2) is 41.8 Å². The van der Waals surface area contributed by atoms with Gasteiger partial charge in [-0.25, -0.2) is 8.42 Å². The molecule has 0 N–H and O–H groups in total. The maximum atomic E-state index is 12.8. The maximum absolute atomic E-state index is 12.8.